The van der Waals surface area contributed by atoms with Crippen LogP contribution in [0.2, 0.25) is 0 Å². The van der Waals surface area contributed by atoms with E-state index in [4.69, 9.17) is 5.11 Å². The molecule has 6 heteroatoms. The predicted octanol–water partition coefficient (Wildman–Crippen LogP) is 2.53. The molecule has 0 spiro atoms. The number of aliphatic carboxylic acids is 1. The predicted molar refractivity (Wildman–Crippen MR) is 75.5 cm³/mol. The van der Waals surface area contributed by atoms with Gasteiger partial charge < -0.3 is 10.0 Å². The van der Waals surface area contributed by atoms with Crippen molar-refractivity contribution in [1.82, 2.24) is 4.90 Å². The summed E-state index contributed by atoms with van der Waals surface area (Å²) in [5.41, 5.74) is 0.329. The third kappa shape index (κ3) is 3.66. The van der Waals surface area contributed by atoms with Gasteiger partial charge in [-0.2, -0.15) is 0 Å². The maximum Gasteiger partial charge on any atom is 0.303 e. The molecule has 0 atom stereocenters. The molecule has 1 aromatic carbocycles. The van der Waals surface area contributed by atoms with Gasteiger partial charge in [0.15, 0.2) is 0 Å². The van der Waals surface area contributed by atoms with Gasteiger partial charge in [-0.25, -0.2) is 4.39 Å². The summed E-state index contributed by atoms with van der Waals surface area (Å²) >= 11 is 3.24. The second-order valence-corrected chi connectivity index (χ2v) is 5.62. The Kier molecular flexibility index (Phi) is 4.54. The van der Waals surface area contributed by atoms with Crippen molar-refractivity contribution in [3.8, 4) is 0 Å². The van der Waals surface area contributed by atoms with E-state index < -0.39 is 11.8 Å². The van der Waals surface area contributed by atoms with E-state index in [1.54, 1.807) is 17.0 Å². The zero-order valence-electron chi connectivity index (χ0n) is 10.6. The molecule has 0 bridgehead atoms. The van der Waals surface area contributed by atoms with Gasteiger partial charge in [0, 0.05) is 35.1 Å². The van der Waals surface area contributed by atoms with E-state index in [1.165, 1.54) is 18.2 Å². The maximum atomic E-state index is 13.5. The van der Waals surface area contributed by atoms with E-state index in [1.807, 2.05) is 0 Å². The maximum absolute atomic E-state index is 13.5. The van der Waals surface area contributed by atoms with Crippen LogP contribution < -0.4 is 0 Å². The number of halogens is 2. The highest BCUT2D eigenvalue weighted by atomic mass is 79.9. The Hall–Kier alpha value is -1.69. The van der Waals surface area contributed by atoms with Crippen LogP contribution in [-0.4, -0.2) is 35.0 Å². The van der Waals surface area contributed by atoms with Gasteiger partial charge in [-0.3, -0.25) is 9.59 Å². The first-order valence-corrected chi connectivity index (χ1v) is 6.89. The zero-order chi connectivity index (χ0) is 14.7. The first kappa shape index (κ1) is 14.7. The molecule has 2 rings (SSSR count). The molecule has 0 saturated carbocycles. The lowest BCUT2D eigenvalue weighted by atomic mass is 9.96. The average Bonchev–Trinajstić information content (AvgIpc) is 2.33. The van der Waals surface area contributed by atoms with Crippen molar-refractivity contribution in [3.05, 3.63) is 40.1 Å². The van der Waals surface area contributed by atoms with Gasteiger partial charge in [0.1, 0.15) is 5.82 Å². The molecule has 0 aromatic heterocycles. The van der Waals surface area contributed by atoms with Crippen LogP contribution in [0.3, 0.4) is 0 Å². The normalized spacial score (nSPS) is 15.4. The standard InChI is InChI=1S/C14H13BrFNO3/c15-11-2-3-12(16)10(6-11)1-4-13(18)17-7-9(8-17)5-14(19)20/h1-4,6,9H,5,7-8H2,(H,19,20). The van der Waals surface area contributed by atoms with Crippen LogP contribution in [0, 0.1) is 11.7 Å². The molecular weight excluding hydrogens is 329 g/mol. The number of carbonyl (C=O) groups is 2. The van der Waals surface area contributed by atoms with E-state index >= 15 is 0 Å². The van der Waals surface area contributed by atoms with Crippen LogP contribution in [0.4, 0.5) is 4.39 Å². The summed E-state index contributed by atoms with van der Waals surface area (Å²) in [5.74, 6) is -1.46. The molecule has 1 aromatic rings. The van der Waals surface area contributed by atoms with Gasteiger partial charge in [-0.15, -0.1) is 0 Å². The Morgan fingerprint density at radius 3 is 2.80 bits per heavy atom. The number of benzene rings is 1. The number of rotatable bonds is 4. The van der Waals surface area contributed by atoms with Gasteiger partial charge >= 0.3 is 5.97 Å². The Morgan fingerprint density at radius 2 is 2.15 bits per heavy atom. The fourth-order valence-electron chi connectivity index (χ4n) is 2.03. The van der Waals surface area contributed by atoms with Crippen molar-refractivity contribution in [2.75, 3.05) is 13.1 Å². The third-order valence-electron chi connectivity index (χ3n) is 3.10. The Labute approximate surface area is 124 Å². The molecule has 20 heavy (non-hydrogen) atoms. The highest BCUT2D eigenvalue weighted by Gasteiger charge is 2.30. The smallest absolute Gasteiger partial charge is 0.303 e. The highest BCUT2D eigenvalue weighted by Crippen LogP contribution is 2.20. The number of carbonyl (C=O) groups excluding carboxylic acids is 1. The van der Waals surface area contributed by atoms with Crippen LogP contribution in [0.5, 0.6) is 0 Å². The van der Waals surface area contributed by atoms with Crippen LogP contribution in [-0.2, 0) is 9.59 Å². The summed E-state index contributed by atoms with van der Waals surface area (Å²) in [7, 11) is 0. The number of hydrogen-bond acceptors (Lipinski definition) is 2. The van der Waals surface area contributed by atoms with Crippen LogP contribution in [0.15, 0.2) is 28.7 Å². The Bertz CT molecular complexity index is 568. The van der Waals surface area contributed by atoms with Crippen molar-refractivity contribution >= 4 is 33.9 Å². The number of amides is 1. The molecule has 0 aliphatic carbocycles. The fourth-order valence-corrected chi connectivity index (χ4v) is 2.41. The zero-order valence-corrected chi connectivity index (χ0v) is 12.1. The molecule has 1 fully saturated rings. The molecule has 4 nitrogen and oxygen atoms in total. The summed E-state index contributed by atoms with van der Waals surface area (Å²) in [6, 6.07) is 4.49. The molecule has 1 N–H and O–H groups in total. The van der Waals surface area contributed by atoms with Gasteiger partial charge in [0.05, 0.1) is 6.42 Å². The lowest BCUT2D eigenvalue weighted by molar-refractivity contribution is -0.143. The molecule has 1 saturated heterocycles. The monoisotopic (exact) mass is 341 g/mol. The van der Waals surface area contributed by atoms with Crippen LogP contribution >= 0.6 is 15.9 Å². The second-order valence-electron chi connectivity index (χ2n) is 4.71. The first-order chi connectivity index (χ1) is 9.45. The summed E-state index contributed by atoms with van der Waals surface area (Å²) in [6.45, 7) is 0.882. The van der Waals surface area contributed by atoms with Crippen molar-refractivity contribution in [2.24, 2.45) is 5.92 Å². The highest BCUT2D eigenvalue weighted by molar-refractivity contribution is 9.10. The van der Waals surface area contributed by atoms with Gasteiger partial charge in [0.25, 0.3) is 0 Å². The first-order valence-electron chi connectivity index (χ1n) is 6.09. The van der Waals surface area contributed by atoms with Gasteiger partial charge in [-0.1, -0.05) is 15.9 Å². The molecule has 106 valence electrons. The van der Waals surface area contributed by atoms with Crippen molar-refractivity contribution in [2.45, 2.75) is 6.42 Å². The molecule has 1 aliphatic rings. The average molecular weight is 342 g/mol. The Balaban J connectivity index is 1.91. The number of carboxylic acid groups (broad SMARTS) is 1. The van der Waals surface area contributed by atoms with E-state index in [2.05, 4.69) is 15.9 Å². The second kappa shape index (κ2) is 6.17. The molecular formula is C14H13BrFNO3. The van der Waals surface area contributed by atoms with E-state index in [0.717, 1.165) is 4.47 Å². The topological polar surface area (TPSA) is 57.6 Å². The SMILES string of the molecule is O=C(O)CC1CN(C(=O)C=Cc2cc(Br)ccc2F)C1. The van der Waals surface area contributed by atoms with Crippen LogP contribution in [0.25, 0.3) is 6.08 Å². The van der Waals surface area contributed by atoms with Crippen LogP contribution in [0.1, 0.15) is 12.0 Å². The van der Waals surface area contributed by atoms with Crippen molar-refractivity contribution in [1.29, 1.82) is 0 Å². The lowest BCUT2D eigenvalue weighted by Crippen LogP contribution is -2.49. The van der Waals surface area contributed by atoms with Gasteiger partial charge in [0.2, 0.25) is 5.91 Å². The van der Waals surface area contributed by atoms with Crippen molar-refractivity contribution in [3.63, 3.8) is 0 Å². The fraction of sp³-hybridized carbons (Fsp3) is 0.286. The number of nitrogens with zero attached hydrogens (tertiary/aromatic N) is 1. The summed E-state index contributed by atoms with van der Waals surface area (Å²) in [5, 5.41) is 8.62. The lowest BCUT2D eigenvalue weighted by Gasteiger charge is -2.37. The van der Waals surface area contributed by atoms with E-state index in [-0.39, 0.29) is 18.2 Å². The summed E-state index contributed by atoms with van der Waals surface area (Å²) < 4.78 is 14.2. The molecule has 1 aliphatic heterocycles. The number of likely N-dealkylation sites (tertiary alicyclic amines) is 1. The third-order valence-corrected chi connectivity index (χ3v) is 3.59. The minimum Gasteiger partial charge on any atom is -0.481 e. The molecule has 0 radical (unpaired) electrons. The van der Waals surface area contributed by atoms with Gasteiger partial charge in [-0.05, 0) is 24.3 Å². The Morgan fingerprint density at radius 1 is 1.45 bits per heavy atom. The van der Waals surface area contributed by atoms with E-state index in [9.17, 15) is 14.0 Å². The van der Waals surface area contributed by atoms with E-state index in [0.29, 0.717) is 18.7 Å². The largest absolute Gasteiger partial charge is 0.481 e. The van der Waals surface area contributed by atoms with Crippen molar-refractivity contribution < 1.29 is 19.1 Å². The summed E-state index contributed by atoms with van der Waals surface area (Å²) in [4.78, 5) is 23.8. The quantitative estimate of drug-likeness (QED) is 0.856. The minimum absolute atomic E-state index is 0.0208. The molecule has 1 amide bonds. The molecule has 1 heterocycles. The number of hydrogen-bond donors (Lipinski definition) is 1. The summed E-state index contributed by atoms with van der Waals surface area (Å²) in [6.07, 6.45) is 2.81. The number of carboxylic acids is 1. The minimum atomic E-state index is -0.853. The molecule has 0 unspecified atom stereocenters.